The highest BCUT2D eigenvalue weighted by molar-refractivity contribution is 5.95. The SMILES string of the molecule is CCCOc1ccc(C(=O)N/N=C\c2cccc(OC(=O)c3ccc(OC)cc3)c2)cc1. The van der Waals surface area contributed by atoms with Crippen molar-refractivity contribution < 1.29 is 23.8 Å². The highest BCUT2D eigenvalue weighted by Crippen LogP contribution is 2.17. The summed E-state index contributed by atoms with van der Waals surface area (Å²) in [5.41, 5.74) is 4.01. The Bertz CT molecular complexity index is 1080. The Morgan fingerprint density at radius 1 is 0.906 bits per heavy atom. The van der Waals surface area contributed by atoms with E-state index in [9.17, 15) is 9.59 Å². The normalized spacial score (nSPS) is 10.6. The molecule has 0 saturated heterocycles. The van der Waals surface area contributed by atoms with Gasteiger partial charge in [0.1, 0.15) is 17.2 Å². The van der Waals surface area contributed by atoms with E-state index in [4.69, 9.17) is 14.2 Å². The molecular weight excluding hydrogens is 408 g/mol. The molecule has 1 N–H and O–H groups in total. The number of hydrogen-bond donors (Lipinski definition) is 1. The molecule has 0 aliphatic heterocycles. The molecule has 0 atom stereocenters. The Hall–Kier alpha value is -4.13. The molecule has 0 saturated carbocycles. The van der Waals surface area contributed by atoms with E-state index < -0.39 is 5.97 Å². The zero-order chi connectivity index (χ0) is 22.8. The quantitative estimate of drug-likeness (QED) is 0.233. The van der Waals surface area contributed by atoms with Crippen LogP contribution in [0.15, 0.2) is 77.9 Å². The summed E-state index contributed by atoms with van der Waals surface area (Å²) in [6.45, 7) is 2.66. The monoisotopic (exact) mass is 432 g/mol. The minimum Gasteiger partial charge on any atom is -0.497 e. The number of rotatable bonds is 9. The van der Waals surface area contributed by atoms with E-state index in [1.807, 2.05) is 6.92 Å². The van der Waals surface area contributed by atoms with Gasteiger partial charge in [0.2, 0.25) is 0 Å². The van der Waals surface area contributed by atoms with Crippen LogP contribution in [-0.2, 0) is 0 Å². The molecule has 32 heavy (non-hydrogen) atoms. The predicted octanol–water partition coefficient (Wildman–Crippen LogP) is 4.47. The zero-order valence-corrected chi connectivity index (χ0v) is 17.9. The van der Waals surface area contributed by atoms with Gasteiger partial charge in [0.15, 0.2) is 0 Å². The average molecular weight is 432 g/mol. The van der Waals surface area contributed by atoms with Crippen molar-refractivity contribution in [2.75, 3.05) is 13.7 Å². The Kier molecular flexibility index (Phi) is 7.97. The van der Waals surface area contributed by atoms with E-state index in [1.165, 1.54) is 6.21 Å². The molecule has 3 rings (SSSR count). The number of esters is 1. The van der Waals surface area contributed by atoms with Gasteiger partial charge in [-0.05, 0) is 72.6 Å². The summed E-state index contributed by atoms with van der Waals surface area (Å²) in [7, 11) is 1.56. The second kappa shape index (κ2) is 11.3. The number of amides is 1. The summed E-state index contributed by atoms with van der Waals surface area (Å²) in [5, 5.41) is 3.98. The van der Waals surface area contributed by atoms with E-state index >= 15 is 0 Å². The molecule has 164 valence electrons. The smallest absolute Gasteiger partial charge is 0.343 e. The van der Waals surface area contributed by atoms with Crippen LogP contribution in [-0.4, -0.2) is 31.8 Å². The fourth-order valence-corrected chi connectivity index (χ4v) is 2.70. The average Bonchev–Trinajstić information content (AvgIpc) is 2.83. The maximum absolute atomic E-state index is 12.3. The van der Waals surface area contributed by atoms with Crippen LogP contribution >= 0.6 is 0 Å². The third-order valence-electron chi connectivity index (χ3n) is 4.36. The third-order valence-corrected chi connectivity index (χ3v) is 4.36. The van der Waals surface area contributed by atoms with Crippen LogP contribution in [0.1, 0.15) is 39.6 Å². The van der Waals surface area contributed by atoms with Crippen molar-refractivity contribution in [1.82, 2.24) is 5.43 Å². The molecular formula is C25H24N2O5. The largest absolute Gasteiger partial charge is 0.497 e. The van der Waals surface area contributed by atoms with Crippen molar-refractivity contribution in [1.29, 1.82) is 0 Å². The molecule has 1 amide bonds. The standard InChI is InChI=1S/C25H24N2O5/c1-3-15-31-22-13-7-19(8-14-22)24(28)27-26-17-18-5-4-6-23(16-18)32-25(29)20-9-11-21(30-2)12-10-20/h4-14,16-17H,3,15H2,1-2H3,(H,27,28)/b26-17-. The lowest BCUT2D eigenvalue weighted by molar-refractivity contribution is 0.0734. The van der Waals surface area contributed by atoms with Gasteiger partial charge < -0.3 is 14.2 Å². The van der Waals surface area contributed by atoms with Gasteiger partial charge in [-0.25, -0.2) is 10.2 Å². The Morgan fingerprint density at radius 3 is 2.28 bits per heavy atom. The summed E-state index contributed by atoms with van der Waals surface area (Å²) in [6.07, 6.45) is 2.39. The van der Waals surface area contributed by atoms with E-state index in [0.717, 1.165) is 6.42 Å². The number of hydrogen-bond acceptors (Lipinski definition) is 6. The Morgan fingerprint density at radius 2 is 1.59 bits per heavy atom. The van der Waals surface area contributed by atoms with Crippen molar-refractivity contribution in [2.24, 2.45) is 5.10 Å². The van der Waals surface area contributed by atoms with Crippen molar-refractivity contribution in [3.05, 3.63) is 89.5 Å². The van der Waals surface area contributed by atoms with Crippen LogP contribution in [0.2, 0.25) is 0 Å². The molecule has 0 heterocycles. The third kappa shape index (κ3) is 6.43. The van der Waals surface area contributed by atoms with Crippen LogP contribution in [0.25, 0.3) is 0 Å². The maximum Gasteiger partial charge on any atom is 0.343 e. The number of methoxy groups -OCH3 is 1. The van der Waals surface area contributed by atoms with Crippen molar-refractivity contribution >= 4 is 18.1 Å². The Balaban J connectivity index is 1.56. The lowest BCUT2D eigenvalue weighted by Crippen LogP contribution is -2.17. The predicted molar refractivity (Wildman–Crippen MR) is 122 cm³/mol. The van der Waals surface area contributed by atoms with Crippen molar-refractivity contribution in [3.8, 4) is 17.2 Å². The number of benzene rings is 3. The van der Waals surface area contributed by atoms with Crippen LogP contribution in [0.3, 0.4) is 0 Å². The van der Waals surface area contributed by atoms with E-state index in [-0.39, 0.29) is 5.91 Å². The summed E-state index contributed by atoms with van der Waals surface area (Å²) in [6, 6.07) is 20.3. The first-order valence-corrected chi connectivity index (χ1v) is 10.1. The number of nitrogens with zero attached hydrogens (tertiary/aromatic N) is 1. The van der Waals surface area contributed by atoms with Gasteiger partial charge in [-0.3, -0.25) is 4.79 Å². The van der Waals surface area contributed by atoms with Gasteiger partial charge >= 0.3 is 5.97 Å². The van der Waals surface area contributed by atoms with Crippen LogP contribution in [0, 0.1) is 0 Å². The molecule has 0 aliphatic rings. The van der Waals surface area contributed by atoms with E-state index in [1.54, 1.807) is 79.9 Å². The maximum atomic E-state index is 12.3. The van der Waals surface area contributed by atoms with Gasteiger partial charge in [-0.1, -0.05) is 19.1 Å². The molecule has 0 radical (unpaired) electrons. The highest BCUT2D eigenvalue weighted by Gasteiger charge is 2.09. The molecule has 0 spiro atoms. The fraction of sp³-hybridized carbons (Fsp3) is 0.160. The molecule has 3 aromatic carbocycles. The highest BCUT2D eigenvalue weighted by atomic mass is 16.5. The number of hydrazone groups is 1. The fourth-order valence-electron chi connectivity index (χ4n) is 2.70. The molecule has 7 heteroatoms. The molecule has 3 aromatic rings. The molecule has 7 nitrogen and oxygen atoms in total. The van der Waals surface area contributed by atoms with Crippen LogP contribution in [0.4, 0.5) is 0 Å². The van der Waals surface area contributed by atoms with Crippen LogP contribution in [0.5, 0.6) is 17.2 Å². The van der Waals surface area contributed by atoms with Gasteiger partial charge in [-0.15, -0.1) is 0 Å². The molecule has 0 aliphatic carbocycles. The summed E-state index contributed by atoms with van der Waals surface area (Å²) >= 11 is 0. The first-order valence-electron chi connectivity index (χ1n) is 10.1. The second-order valence-electron chi connectivity index (χ2n) is 6.76. The zero-order valence-electron chi connectivity index (χ0n) is 17.9. The number of carbonyl (C=O) groups is 2. The number of carbonyl (C=O) groups excluding carboxylic acids is 2. The molecule has 0 bridgehead atoms. The van der Waals surface area contributed by atoms with Crippen molar-refractivity contribution in [2.45, 2.75) is 13.3 Å². The molecule has 0 fully saturated rings. The van der Waals surface area contributed by atoms with Gasteiger partial charge in [0.25, 0.3) is 5.91 Å². The number of ether oxygens (including phenoxy) is 3. The van der Waals surface area contributed by atoms with E-state index in [0.29, 0.717) is 40.5 Å². The second-order valence-corrected chi connectivity index (χ2v) is 6.76. The van der Waals surface area contributed by atoms with Gasteiger partial charge in [-0.2, -0.15) is 5.10 Å². The summed E-state index contributed by atoms with van der Waals surface area (Å²) < 4.78 is 16.0. The topological polar surface area (TPSA) is 86.2 Å². The summed E-state index contributed by atoms with van der Waals surface area (Å²) in [5.74, 6) is 0.908. The molecule has 0 aromatic heterocycles. The molecule has 0 unspecified atom stereocenters. The lowest BCUT2D eigenvalue weighted by Gasteiger charge is -2.06. The van der Waals surface area contributed by atoms with Gasteiger partial charge in [0.05, 0.1) is 25.5 Å². The van der Waals surface area contributed by atoms with Crippen LogP contribution < -0.4 is 19.6 Å². The number of nitrogens with one attached hydrogen (secondary N) is 1. The minimum atomic E-state index is -0.485. The first kappa shape index (κ1) is 22.6. The first-order chi connectivity index (χ1) is 15.6. The van der Waals surface area contributed by atoms with Crippen molar-refractivity contribution in [3.63, 3.8) is 0 Å². The van der Waals surface area contributed by atoms with E-state index in [2.05, 4.69) is 10.5 Å². The lowest BCUT2D eigenvalue weighted by atomic mass is 10.2. The summed E-state index contributed by atoms with van der Waals surface area (Å²) in [4.78, 5) is 24.5. The Labute approximate surface area is 186 Å². The minimum absolute atomic E-state index is 0.342. The van der Waals surface area contributed by atoms with Gasteiger partial charge in [0, 0.05) is 5.56 Å².